The summed E-state index contributed by atoms with van der Waals surface area (Å²) < 4.78 is 0. The Morgan fingerprint density at radius 2 is 2.46 bits per heavy atom. The predicted molar refractivity (Wildman–Crippen MR) is 54.0 cm³/mol. The number of hydrazine groups is 1. The first-order chi connectivity index (χ1) is 6.22. The first-order valence-corrected chi connectivity index (χ1v) is 4.99. The van der Waals surface area contributed by atoms with Gasteiger partial charge in [0.15, 0.2) is 0 Å². The van der Waals surface area contributed by atoms with Gasteiger partial charge in [-0.15, -0.1) is 0 Å². The third kappa shape index (κ3) is 1.32. The second-order valence-corrected chi connectivity index (χ2v) is 3.88. The van der Waals surface area contributed by atoms with Crippen LogP contribution < -0.4 is 5.43 Å². The molecule has 0 radical (unpaired) electrons. The van der Waals surface area contributed by atoms with E-state index in [1.165, 1.54) is 12.1 Å². The summed E-state index contributed by atoms with van der Waals surface area (Å²) in [5.74, 6) is 2.49. The van der Waals surface area contributed by atoms with Gasteiger partial charge in [0, 0.05) is 11.6 Å². The van der Waals surface area contributed by atoms with Crippen LogP contribution in [0.3, 0.4) is 0 Å². The smallest absolute Gasteiger partial charge is 0.131 e. The molecular weight excluding hydrogens is 162 g/mol. The van der Waals surface area contributed by atoms with E-state index in [2.05, 4.69) is 35.4 Å². The van der Waals surface area contributed by atoms with Crippen LogP contribution in [0.1, 0.15) is 27.2 Å². The molecule has 2 unspecified atom stereocenters. The standard InChI is InChI=1S/C10H17N3/c1-4-9-5-10(7(9)2)13-6-11-8(3)12-13/h5,7,9H,4,6H2,1-3H3,(H,11,12). The van der Waals surface area contributed by atoms with E-state index in [0.29, 0.717) is 5.92 Å². The van der Waals surface area contributed by atoms with Gasteiger partial charge < -0.3 is 0 Å². The molecule has 13 heavy (non-hydrogen) atoms. The van der Waals surface area contributed by atoms with Crippen molar-refractivity contribution in [3.05, 3.63) is 11.8 Å². The van der Waals surface area contributed by atoms with Crippen LogP contribution in [0, 0.1) is 11.8 Å². The monoisotopic (exact) mass is 179 g/mol. The Balaban J connectivity index is 1.98. The zero-order chi connectivity index (χ0) is 9.42. The van der Waals surface area contributed by atoms with Crippen LogP contribution in [-0.2, 0) is 0 Å². The summed E-state index contributed by atoms with van der Waals surface area (Å²) in [6.07, 6.45) is 3.60. The number of hydrogen-bond donors (Lipinski definition) is 1. The van der Waals surface area contributed by atoms with Crippen LogP contribution in [0.2, 0.25) is 0 Å². The maximum atomic E-state index is 4.30. The number of hydrogen-bond acceptors (Lipinski definition) is 3. The number of nitrogens with one attached hydrogen (secondary N) is 1. The minimum atomic E-state index is 0.693. The molecule has 3 heteroatoms. The molecule has 2 aliphatic rings. The molecule has 1 aliphatic heterocycles. The first kappa shape index (κ1) is 8.60. The van der Waals surface area contributed by atoms with Gasteiger partial charge in [-0.05, 0) is 19.3 Å². The molecular formula is C10H17N3. The molecule has 0 saturated carbocycles. The molecule has 2 rings (SSSR count). The Labute approximate surface area is 79.5 Å². The number of aliphatic imine (C=N–C) groups is 1. The van der Waals surface area contributed by atoms with Gasteiger partial charge >= 0.3 is 0 Å². The van der Waals surface area contributed by atoms with Crippen molar-refractivity contribution in [3.63, 3.8) is 0 Å². The van der Waals surface area contributed by atoms with Gasteiger partial charge in [0.1, 0.15) is 12.5 Å². The number of allylic oxidation sites excluding steroid dienone is 2. The van der Waals surface area contributed by atoms with Crippen molar-refractivity contribution in [2.75, 3.05) is 6.67 Å². The molecule has 0 aromatic rings. The molecule has 0 bridgehead atoms. The number of rotatable bonds is 2. The molecule has 1 aliphatic carbocycles. The minimum absolute atomic E-state index is 0.693. The molecule has 0 fully saturated rings. The van der Waals surface area contributed by atoms with Gasteiger partial charge in [0.25, 0.3) is 0 Å². The van der Waals surface area contributed by atoms with Gasteiger partial charge in [-0.25, -0.2) is 4.99 Å². The molecule has 1 N–H and O–H groups in total. The lowest BCUT2D eigenvalue weighted by molar-refractivity contribution is 0.236. The van der Waals surface area contributed by atoms with Gasteiger partial charge in [-0.3, -0.25) is 10.4 Å². The van der Waals surface area contributed by atoms with Crippen molar-refractivity contribution >= 4 is 5.84 Å². The molecule has 3 nitrogen and oxygen atoms in total. The van der Waals surface area contributed by atoms with Gasteiger partial charge in [0.2, 0.25) is 0 Å². The molecule has 0 amide bonds. The van der Waals surface area contributed by atoms with E-state index in [-0.39, 0.29) is 0 Å². The Morgan fingerprint density at radius 3 is 2.92 bits per heavy atom. The molecule has 0 aromatic heterocycles. The van der Waals surface area contributed by atoms with Gasteiger partial charge in [-0.1, -0.05) is 19.9 Å². The number of amidine groups is 1. The lowest BCUT2D eigenvalue weighted by atomic mass is 9.78. The van der Waals surface area contributed by atoms with Gasteiger partial charge in [-0.2, -0.15) is 0 Å². The summed E-state index contributed by atoms with van der Waals surface area (Å²) in [5, 5.41) is 2.14. The third-order valence-electron chi connectivity index (χ3n) is 3.02. The summed E-state index contributed by atoms with van der Waals surface area (Å²) in [6.45, 7) is 7.31. The second kappa shape index (κ2) is 3.05. The summed E-state index contributed by atoms with van der Waals surface area (Å²) in [6, 6.07) is 0. The van der Waals surface area contributed by atoms with E-state index in [1.54, 1.807) is 0 Å². The first-order valence-electron chi connectivity index (χ1n) is 4.99. The topological polar surface area (TPSA) is 27.6 Å². The van der Waals surface area contributed by atoms with E-state index < -0.39 is 0 Å². The van der Waals surface area contributed by atoms with E-state index >= 15 is 0 Å². The van der Waals surface area contributed by atoms with E-state index in [4.69, 9.17) is 0 Å². The second-order valence-electron chi connectivity index (χ2n) is 3.88. The van der Waals surface area contributed by atoms with Crippen molar-refractivity contribution < 1.29 is 0 Å². The van der Waals surface area contributed by atoms with Crippen molar-refractivity contribution in [3.8, 4) is 0 Å². The summed E-state index contributed by atoms with van der Waals surface area (Å²) in [4.78, 5) is 4.30. The highest BCUT2D eigenvalue weighted by atomic mass is 15.6. The molecule has 0 aromatic carbocycles. The van der Waals surface area contributed by atoms with Crippen LogP contribution >= 0.6 is 0 Å². The average molecular weight is 179 g/mol. The molecule has 1 heterocycles. The van der Waals surface area contributed by atoms with E-state index in [9.17, 15) is 0 Å². The van der Waals surface area contributed by atoms with Crippen LogP contribution in [0.5, 0.6) is 0 Å². The predicted octanol–water partition coefficient (Wildman–Crippen LogP) is 1.74. The highest BCUT2D eigenvalue weighted by Crippen LogP contribution is 2.37. The zero-order valence-electron chi connectivity index (χ0n) is 8.54. The van der Waals surface area contributed by atoms with Crippen molar-refractivity contribution in [1.82, 2.24) is 10.4 Å². The molecule has 72 valence electrons. The molecule has 0 spiro atoms. The maximum Gasteiger partial charge on any atom is 0.131 e. The maximum absolute atomic E-state index is 4.30. The molecule has 2 atom stereocenters. The Morgan fingerprint density at radius 1 is 1.69 bits per heavy atom. The van der Waals surface area contributed by atoms with Crippen LogP contribution in [0.25, 0.3) is 0 Å². The Kier molecular flexibility index (Phi) is 2.02. The number of nitrogens with zero attached hydrogens (tertiary/aromatic N) is 2. The van der Waals surface area contributed by atoms with Crippen LogP contribution in [-0.4, -0.2) is 17.5 Å². The van der Waals surface area contributed by atoms with Crippen molar-refractivity contribution in [2.45, 2.75) is 27.2 Å². The quantitative estimate of drug-likeness (QED) is 0.699. The minimum Gasteiger partial charge on any atom is -0.284 e. The third-order valence-corrected chi connectivity index (χ3v) is 3.02. The van der Waals surface area contributed by atoms with E-state index in [0.717, 1.165) is 18.4 Å². The summed E-state index contributed by atoms with van der Waals surface area (Å²) in [5.41, 5.74) is 4.66. The van der Waals surface area contributed by atoms with Crippen molar-refractivity contribution in [2.24, 2.45) is 16.8 Å². The fraction of sp³-hybridized carbons (Fsp3) is 0.700. The van der Waals surface area contributed by atoms with Crippen LogP contribution in [0.4, 0.5) is 0 Å². The highest BCUT2D eigenvalue weighted by molar-refractivity contribution is 5.80. The zero-order valence-corrected chi connectivity index (χ0v) is 8.54. The van der Waals surface area contributed by atoms with Gasteiger partial charge in [0.05, 0.1) is 0 Å². The fourth-order valence-electron chi connectivity index (χ4n) is 2.01. The average Bonchev–Trinajstić information content (AvgIpc) is 2.50. The van der Waals surface area contributed by atoms with E-state index in [1.807, 2.05) is 6.92 Å². The van der Waals surface area contributed by atoms with Crippen molar-refractivity contribution in [1.29, 1.82) is 0 Å². The summed E-state index contributed by atoms with van der Waals surface area (Å²) in [7, 11) is 0. The lowest BCUT2D eigenvalue weighted by Crippen LogP contribution is -2.41. The Bertz CT molecular complexity index is 267. The normalized spacial score (nSPS) is 32.1. The lowest BCUT2D eigenvalue weighted by Gasteiger charge is -2.38. The molecule has 0 saturated heterocycles. The summed E-state index contributed by atoms with van der Waals surface area (Å²) >= 11 is 0. The SMILES string of the molecule is CCC1C=C(N2CN=C(C)N2)C1C. The fourth-order valence-corrected chi connectivity index (χ4v) is 2.01. The largest absolute Gasteiger partial charge is 0.284 e. The van der Waals surface area contributed by atoms with Crippen LogP contribution in [0.15, 0.2) is 16.8 Å². The Hall–Kier alpha value is -0.990. The highest BCUT2D eigenvalue weighted by Gasteiger charge is 2.32.